The second-order valence-corrected chi connectivity index (χ2v) is 1.79. The number of carbonyl (C=O) groups is 2. The molecular formula is C9H22F6O4. The first-order valence-corrected chi connectivity index (χ1v) is 3.66. The number of hydrogen-bond donors (Lipinski definition) is 2. The zero-order valence-corrected chi connectivity index (χ0v) is 10.4. The molecule has 0 saturated carbocycles. The van der Waals surface area contributed by atoms with Crippen molar-refractivity contribution in [3.63, 3.8) is 0 Å². The summed E-state index contributed by atoms with van der Waals surface area (Å²) in [6.45, 7) is 10.2. The van der Waals surface area contributed by atoms with Crippen LogP contribution >= 0.6 is 0 Å². The molecule has 0 fully saturated rings. The Morgan fingerprint density at radius 1 is 0.789 bits per heavy atom. The van der Waals surface area contributed by atoms with Crippen LogP contribution < -0.4 is 0 Å². The molecule has 124 valence electrons. The van der Waals surface area contributed by atoms with Crippen molar-refractivity contribution < 1.29 is 48.0 Å². The highest BCUT2D eigenvalue weighted by Gasteiger charge is 1.73. The van der Waals surface area contributed by atoms with Crippen molar-refractivity contribution >= 4 is 11.9 Å². The first-order chi connectivity index (χ1) is 5.95. The van der Waals surface area contributed by atoms with E-state index >= 15 is 0 Å². The van der Waals surface area contributed by atoms with Crippen LogP contribution in [0, 0.1) is 0 Å². The number of carboxylic acids is 2. The molecule has 0 amide bonds. The highest BCUT2D eigenvalue weighted by Crippen LogP contribution is 1.56. The Labute approximate surface area is 107 Å². The number of aliphatic carboxylic acids is 2. The molecule has 4 nitrogen and oxygen atoms in total. The van der Waals surface area contributed by atoms with Crippen molar-refractivity contribution in [3.8, 4) is 0 Å². The molecule has 0 rings (SSSR count). The molecule has 0 aliphatic carbocycles. The summed E-state index contributed by atoms with van der Waals surface area (Å²) in [5, 5.41) is 15.2. The van der Waals surface area contributed by atoms with E-state index in [0.29, 0.717) is 0 Å². The van der Waals surface area contributed by atoms with Gasteiger partial charge in [-0.25, -0.2) is 9.59 Å². The van der Waals surface area contributed by atoms with Gasteiger partial charge in [0.15, 0.2) is 0 Å². The Kier molecular flexibility index (Phi) is 263. The highest BCUT2D eigenvalue weighted by molar-refractivity contribution is 5.79. The summed E-state index contributed by atoms with van der Waals surface area (Å²) in [4.78, 5) is 18.5. The minimum atomic E-state index is -0.981. The lowest BCUT2D eigenvalue weighted by atomic mass is 10.6. The number of halogens is 6. The van der Waals surface area contributed by atoms with E-state index in [1.54, 1.807) is 0 Å². The van der Waals surface area contributed by atoms with Crippen LogP contribution in [0.3, 0.4) is 0 Å². The lowest BCUT2D eigenvalue weighted by molar-refractivity contribution is -0.132. The molecule has 0 aromatic heterocycles. The van der Waals surface area contributed by atoms with Crippen LogP contribution in [-0.4, -0.2) is 22.2 Å². The molecule has 0 heterocycles. The van der Waals surface area contributed by atoms with Crippen molar-refractivity contribution in [2.75, 3.05) is 0 Å². The molecule has 0 aliphatic rings. The molecule has 0 aliphatic heterocycles. The van der Waals surface area contributed by atoms with E-state index in [0.717, 1.165) is 12.2 Å². The van der Waals surface area contributed by atoms with Gasteiger partial charge >= 0.3 is 11.9 Å². The lowest BCUT2D eigenvalue weighted by Crippen LogP contribution is -1.82. The maximum atomic E-state index is 9.25. The SMILES string of the molecule is C=CC(=O)O.C=CC(=O)O.CCC.F.F.F.F.F.F. The second kappa shape index (κ2) is 73.5. The Balaban J connectivity index is -0.00000000995. The van der Waals surface area contributed by atoms with Gasteiger partial charge in [0, 0.05) is 12.2 Å². The van der Waals surface area contributed by atoms with Crippen LogP contribution in [0.2, 0.25) is 0 Å². The molecule has 0 atom stereocenters. The summed E-state index contributed by atoms with van der Waals surface area (Å²) in [7, 11) is 0. The first-order valence-electron chi connectivity index (χ1n) is 3.66. The van der Waals surface area contributed by atoms with Crippen molar-refractivity contribution in [2.45, 2.75) is 20.3 Å². The van der Waals surface area contributed by atoms with Crippen molar-refractivity contribution in [3.05, 3.63) is 25.3 Å². The Morgan fingerprint density at radius 2 is 0.842 bits per heavy atom. The van der Waals surface area contributed by atoms with Crippen LogP contribution in [0.1, 0.15) is 20.3 Å². The van der Waals surface area contributed by atoms with Gasteiger partial charge in [0.2, 0.25) is 0 Å². The van der Waals surface area contributed by atoms with Gasteiger partial charge in [0.25, 0.3) is 0 Å². The minimum Gasteiger partial charge on any atom is -0.478 e. The molecule has 0 radical (unpaired) electrons. The Bertz CT molecular complexity index is 160. The molecule has 10 heteroatoms. The minimum absolute atomic E-state index is 0. The van der Waals surface area contributed by atoms with Gasteiger partial charge in [0.05, 0.1) is 0 Å². The monoisotopic (exact) mass is 308 g/mol. The molecule has 0 aromatic carbocycles. The maximum Gasteiger partial charge on any atom is 0.327 e. The molecule has 2 N–H and O–H groups in total. The average Bonchev–Trinajstić information content (AvgIpc) is 2.07. The summed E-state index contributed by atoms with van der Waals surface area (Å²) in [6.07, 6.45) is 2.92. The normalized spacial score (nSPS) is 4.32. The number of hydrogen-bond acceptors (Lipinski definition) is 2. The smallest absolute Gasteiger partial charge is 0.327 e. The lowest BCUT2D eigenvalue weighted by Gasteiger charge is -1.64. The molecule has 0 saturated heterocycles. The van der Waals surface area contributed by atoms with E-state index in [1.165, 1.54) is 6.42 Å². The number of carboxylic acid groups (broad SMARTS) is 2. The summed E-state index contributed by atoms with van der Waals surface area (Å²) in [6, 6.07) is 0. The largest absolute Gasteiger partial charge is 0.478 e. The third kappa shape index (κ3) is 784. The molecule has 19 heavy (non-hydrogen) atoms. The molecule has 0 bridgehead atoms. The summed E-state index contributed by atoms with van der Waals surface area (Å²) in [5.74, 6) is -1.96. The van der Waals surface area contributed by atoms with Gasteiger partial charge in [0.1, 0.15) is 0 Å². The third-order valence-corrected chi connectivity index (χ3v) is 0.349. The first kappa shape index (κ1) is 68.0. The van der Waals surface area contributed by atoms with Crippen LogP contribution in [0.4, 0.5) is 28.2 Å². The quantitative estimate of drug-likeness (QED) is 0.607. The van der Waals surface area contributed by atoms with Gasteiger partial charge in [-0.05, 0) is 0 Å². The van der Waals surface area contributed by atoms with Gasteiger partial charge in [-0.3, -0.25) is 28.2 Å². The van der Waals surface area contributed by atoms with Crippen LogP contribution in [0.25, 0.3) is 0 Å². The average molecular weight is 308 g/mol. The van der Waals surface area contributed by atoms with Gasteiger partial charge in [-0.1, -0.05) is 33.4 Å². The zero-order valence-electron chi connectivity index (χ0n) is 10.4. The molecular weight excluding hydrogens is 286 g/mol. The van der Waals surface area contributed by atoms with Crippen LogP contribution in [0.5, 0.6) is 0 Å². The van der Waals surface area contributed by atoms with Crippen molar-refractivity contribution in [2.24, 2.45) is 0 Å². The standard InChI is InChI=1S/2C3H4O2.C3H8.6FH/c2*1-2-3(4)5;1-3-2;;;;;;/h2*2H,1H2,(H,4,5);3H2,1-2H3;6*1H. The van der Waals surface area contributed by atoms with E-state index < -0.39 is 11.9 Å². The topological polar surface area (TPSA) is 74.6 Å². The Hall–Kier alpha value is -2.00. The van der Waals surface area contributed by atoms with Gasteiger partial charge in [-0.15, -0.1) is 0 Å². The van der Waals surface area contributed by atoms with E-state index in [2.05, 4.69) is 27.0 Å². The second-order valence-electron chi connectivity index (χ2n) is 1.79. The third-order valence-electron chi connectivity index (χ3n) is 0.349. The zero-order chi connectivity index (χ0) is 11.3. The molecule has 0 aromatic rings. The summed E-state index contributed by atoms with van der Waals surface area (Å²) < 4.78 is 0. The van der Waals surface area contributed by atoms with Gasteiger partial charge in [-0.2, -0.15) is 0 Å². The Morgan fingerprint density at radius 3 is 0.842 bits per heavy atom. The highest BCUT2D eigenvalue weighted by atomic mass is 19.0. The van der Waals surface area contributed by atoms with Gasteiger partial charge < -0.3 is 10.2 Å². The fourth-order valence-electron chi connectivity index (χ4n) is 0. The van der Waals surface area contributed by atoms with Crippen molar-refractivity contribution in [1.29, 1.82) is 0 Å². The van der Waals surface area contributed by atoms with E-state index in [4.69, 9.17) is 10.2 Å². The summed E-state index contributed by atoms with van der Waals surface area (Å²) >= 11 is 0. The summed E-state index contributed by atoms with van der Waals surface area (Å²) in [5.41, 5.74) is 0. The predicted molar refractivity (Wildman–Crippen MR) is 66.6 cm³/mol. The fraction of sp³-hybridized carbons (Fsp3) is 0.333. The van der Waals surface area contributed by atoms with Crippen molar-refractivity contribution in [1.82, 2.24) is 0 Å². The number of rotatable bonds is 2. The van der Waals surface area contributed by atoms with E-state index in [-0.39, 0.29) is 28.2 Å². The van der Waals surface area contributed by atoms with Crippen LogP contribution in [0.15, 0.2) is 25.3 Å². The fourth-order valence-corrected chi connectivity index (χ4v) is 0. The molecule has 0 spiro atoms. The molecule has 0 unspecified atom stereocenters. The van der Waals surface area contributed by atoms with E-state index in [1.807, 2.05) is 0 Å². The predicted octanol–water partition coefficient (Wildman–Crippen LogP) is 2.85. The maximum absolute atomic E-state index is 9.25. The van der Waals surface area contributed by atoms with Crippen LogP contribution in [-0.2, 0) is 9.59 Å². The van der Waals surface area contributed by atoms with E-state index in [9.17, 15) is 9.59 Å².